The van der Waals surface area contributed by atoms with E-state index in [0.29, 0.717) is 22.6 Å². The van der Waals surface area contributed by atoms with E-state index in [2.05, 4.69) is 0 Å². The monoisotopic (exact) mass is 443 g/mol. The first-order chi connectivity index (χ1) is 12.9. The molecular formula is C21H20AsO6. The van der Waals surface area contributed by atoms with Gasteiger partial charge in [0.05, 0.1) is 20.6 Å². The Hall–Kier alpha value is -2.98. The van der Waals surface area contributed by atoms with Crippen LogP contribution < -0.4 is 9.47 Å². The van der Waals surface area contributed by atoms with Gasteiger partial charge in [-0.3, -0.25) is 9.59 Å². The fourth-order valence-electron chi connectivity index (χ4n) is 2.26. The molecule has 0 heterocycles. The first-order valence-corrected chi connectivity index (χ1v) is 8.08. The molecule has 0 saturated carbocycles. The molecule has 0 amide bonds. The summed E-state index contributed by atoms with van der Waals surface area (Å²) >= 11 is 0. The van der Waals surface area contributed by atoms with E-state index in [4.69, 9.17) is 9.47 Å². The topological polar surface area (TPSA) is 93.1 Å². The van der Waals surface area contributed by atoms with Gasteiger partial charge in [-0.2, -0.15) is 0 Å². The number of carbonyl (C=O) groups excluding carboxylic acids is 2. The predicted octanol–water partition coefficient (Wildman–Crippen LogP) is 2.99. The van der Waals surface area contributed by atoms with E-state index in [1.54, 1.807) is 36.4 Å². The zero-order valence-corrected chi connectivity index (χ0v) is 17.3. The van der Waals surface area contributed by atoms with Gasteiger partial charge in [-0.05, 0) is 47.5 Å². The number of carbonyl (C=O) groups is 2. The van der Waals surface area contributed by atoms with Gasteiger partial charge in [0.2, 0.25) is 0 Å². The van der Waals surface area contributed by atoms with Crippen LogP contribution in [0, 0.1) is 0 Å². The van der Waals surface area contributed by atoms with E-state index in [9.17, 15) is 19.8 Å². The summed E-state index contributed by atoms with van der Waals surface area (Å²) in [4.78, 5) is 23.9. The zero-order chi connectivity index (χ0) is 19.8. The van der Waals surface area contributed by atoms with Gasteiger partial charge in [0.15, 0.2) is 34.6 Å². The summed E-state index contributed by atoms with van der Waals surface area (Å²) in [5, 5.41) is 19.1. The fourth-order valence-corrected chi connectivity index (χ4v) is 2.26. The Balaban J connectivity index is 0.00000392. The minimum atomic E-state index is -0.347. The number of methoxy groups -OCH3 is 2. The molecule has 0 unspecified atom stereocenters. The van der Waals surface area contributed by atoms with Gasteiger partial charge in [0, 0.05) is 18.0 Å². The molecule has 0 aliphatic rings. The maximum absolute atomic E-state index is 11.9. The molecule has 0 aliphatic heterocycles. The molecule has 0 fully saturated rings. The molecule has 145 valence electrons. The molecule has 0 spiro atoms. The van der Waals surface area contributed by atoms with E-state index in [-0.39, 0.29) is 47.4 Å². The van der Waals surface area contributed by atoms with Crippen molar-refractivity contribution in [2.24, 2.45) is 0 Å². The van der Waals surface area contributed by atoms with Gasteiger partial charge in [0.1, 0.15) is 0 Å². The van der Waals surface area contributed by atoms with E-state index in [1.807, 2.05) is 0 Å². The van der Waals surface area contributed by atoms with E-state index < -0.39 is 0 Å². The number of aromatic hydroxyl groups is 2. The van der Waals surface area contributed by atoms with Crippen LogP contribution in [0.1, 0.15) is 17.5 Å². The Kier molecular flexibility index (Phi) is 9.06. The van der Waals surface area contributed by atoms with Crippen molar-refractivity contribution in [1.82, 2.24) is 0 Å². The minimum Gasteiger partial charge on any atom is -0.504 e. The zero-order valence-electron chi connectivity index (χ0n) is 15.5. The molecular weight excluding hydrogens is 423 g/mol. The molecule has 2 N–H and O–H groups in total. The van der Waals surface area contributed by atoms with Crippen molar-refractivity contribution >= 4 is 41.7 Å². The number of ketones is 2. The van der Waals surface area contributed by atoms with Crippen molar-refractivity contribution in [1.29, 1.82) is 0 Å². The molecule has 2 aromatic rings. The molecule has 0 bridgehead atoms. The van der Waals surface area contributed by atoms with E-state index in [0.717, 1.165) is 0 Å². The number of allylic oxidation sites excluding steroid dienone is 2. The Bertz CT molecular complexity index is 828. The smallest absolute Gasteiger partial charge is 0.163 e. The van der Waals surface area contributed by atoms with Crippen molar-refractivity contribution in [2.45, 2.75) is 6.42 Å². The van der Waals surface area contributed by atoms with Crippen molar-refractivity contribution < 1.29 is 29.3 Å². The number of phenolic OH excluding ortho intramolecular Hbond substituents is 2. The minimum absolute atomic E-state index is 0. The summed E-state index contributed by atoms with van der Waals surface area (Å²) in [5.74, 6) is -0.0832. The molecule has 6 nitrogen and oxygen atoms in total. The summed E-state index contributed by atoms with van der Waals surface area (Å²) in [7, 11) is 2.87. The maximum Gasteiger partial charge on any atom is 0.163 e. The van der Waals surface area contributed by atoms with E-state index in [1.165, 1.54) is 38.5 Å². The Labute approximate surface area is 174 Å². The Morgan fingerprint density at radius 1 is 0.821 bits per heavy atom. The van der Waals surface area contributed by atoms with E-state index >= 15 is 0 Å². The van der Waals surface area contributed by atoms with Crippen LogP contribution >= 0.6 is 0 Å². The van der Waals surface area contributed by atoms with Crippen molar-refractivity contribution in [2.75, 3.05) is 14.2 Å². The summed E-state index contributed by atoms with van der Waals surface area (Å²) in [5.41, 5.74) is 1.33. The molecule has 2 rings (SSSR count). The third kappa shape index (κ3) is 6.63. The molecule has 7 heteroatoms. The number of benzene rings is 2. The summed E-state index contributed by atoms with van der Waals surface area (Å²) in [6.07, 6.45) is 5.44. The van der Waals surface area contributed by atoms with Gasteiger partial charge < -0.3 is 19.7 Å². The normalized spacial score (nSPS) is 10.6. The van der Waals surface area contributed by atoms with Crippen LogP contribution in [0.25, 0.3) is 12.2 Å². The Morgan fingerprint density at radius 3 is 1.57 bits per heavy atom. The second kappa shape index (κ2) is 11.0. The van der Waals surface area contributed by atoms with Gasteiger partial charge in [-0.1, -0.05) is 24.3 Å². The number of hydrogen-bond acceptors (Lipinski definition) is 6. The van der Waals surface area contributed by atoms with Crippen molar-refractivity contribution in [3.8, 4) is 23.0 Å². The Morgan fingerprint density at radius 2 is 1.21 bits per heavy atom. The van der Waals surface area contributed by atoms with Crippen molar-refractivity contribution in [3.63, 3.8) is 0 Å². The maximum atomic E-state index is 11.9. The average molecular weight is 443 g/mol. The van der Waals surface area contributed by atoms with Crippen LogP contribution in [0.4, 0.5) is 0 Å². The first-order valence-electron chi connectivity index (χ1n) is 8.08. The third-order valence-corrected chi connectivity index (χ3v) is 3.68. The largest absolute Gasteiger partial charge is 0.504 e. The number of hydrogen-bond donors (Lipinski definition) is 2. The predicted molar refractivity (Wildman–Crippen MR) is 108 cm³/mol. The van der Waals surface area contributed by atoms with Gasteiger partial charge in [-0.25, -0.2) is 0 Å². The average Bonchev–Trinajstić information content (AvgIpc) is 2.66. The van der Waals surface area contributed by atoms with Crippen LogP contribution in [0.5, 0.6) is 23.0 Å². The van der Waals surface area contributed by atoms with Gasteiger partial charge >= 0.3 is 0 Å². The first kappa shape index (κ1) is 23.1. The van der Waals surface area contributed by atoms with Crippen LogP contribution in [0.2, 0.25) is 0 Å². The fraction of sp³-hybridized carbons (Fsp3) is 0.143. The standard InChI is InChI=1S/C21H20O6.As/c1-26-20-11-14(5-9-18(20)24)3-7-16(22)13-17(23)8-4-15-6-10-19(25)21(12-15)27-2;/h3-12,24-25H,13H2,1-2H3;/b7-3+,8-4+;. The molecule has 0 aromatic heterocycles. The second-order valence-electron chi connectivity index (χ2n) is 5.64. The van der Waals surface area contributed by atoms with Crippen LogP contribution in [-0.2, 0) is 9.59 Å². The second-order valence-corrected chi connectivity index (χ2v) is 5.64. The SMILES string of the molecule is COc1cc(/C=C/C(=O)CC(=O)/C=C/c2ccc(O)c(OC)c2)ccc1O.[As]. The molecule has 2 aromatic carbocycles. The molecule has 0 saturated heterocycles. The number of ether oxygens (including phenoxy) is 2. The number of rotatable bonds is 8. The summed E-state index contributed by atoms with van der Waals surface area (Å²) in [6, 6.07) is 9.34. The number of phenols is 2. The summed E-state index contributed by atoms with van der Waals surface area (Å²) < 4.78 is 10.00. The van der Waals surface area contributed by atoms with Crippen molar-refractivity contribution in [3.05, 3.63) is 59.7 Å². The summed E-state index contributed by atoms with van der Waals surface area (Å²) in [6.45, 7) is 0. The molecule has 0 aliphatic carbocycles. The molecule has 28 heavy (non-hydrogen) atoms. The quantitative estimate of drug-likeness (QED) is 0.370. The van der Waals surface area contributed by atoms with Gasteiger partial charge in [-0.15, -0.1) is 0 Å². The van der Waals surface area contributed by atoms with Crippen LogP contribution in [0.15, 0.2) is 48.6 Å². The molecule has 0 atom stereocenters. The van der Waals surface area contributed by atoms with Crippen LogP contribution in [-0.4, -0.2) is 54.0 Å². The van der Waals surface area contributed by atoms with Gasteiger partial charge in [0.25, 0.3) is 0 Å². The third-order valence-electron chi connectivity index (χ3n) is 3.68. The molecule has 3 radical (unpaired) electrons. The van der Waals surface area contributed by atoms with Crippen LogP contribution in [0.3, 0.4) is 0 Å².